The predicted molar refractivity (Wildman–Crippen MR) is 135 cm³/mol. The lowest BCUT2D eigenvalue weighted by Gasteiger charge is -2.45. The highest BCUT2D eigenvalue weighted by Gasteiger charge is 2.38. The average Bonchev–Trinajstić information content (AvgIpc) is 3.00. The van der Waals surface area contributed by atoms with Crippen LogP contribution in [0, 0.1) is 10.8 Å². The molecular weight excluding hydrogens is 458 g/mol. The minimum absolute atomic E-state index is 0.0689. The summed E-state index contributed by atoms with van der Waals surface area (Å²) in [6.07, 6.45) is 4.11. The topological polar surface area (TPSA) is 64.6 Å². The standard InChI is InChI=1S/C26H34ClNO4S/c1-7-11-31-24(30)23-21(32-16(2)29)20(27)22(33-23)17-9-8-10-18(12-17)28-19-13-25(3,4)15-26(5,6)14-19/h8-10,12,19,28H,7,11,13-15H2,1-6H3. The van der Waals surface area contributed by atoms with E-state index in [1.54, 1.807) is 0 Å². The van der Waals surface area contributed by atoms with Gasteiger partial charge in [-0.05, 0) is 54.2 Å². The third-order valence-electron chi connectivity index (χ3n) is 5.73. The van der Waals surface area contributed by atoms with Crippen LogP contribution in [0.1, 0.15) is 76.9 Å². The summed E-state index contributed by atoms with van der Waals surface area (Å²) in [5.41, 5.74) is 2.41. The molecule has 0 aliphatic heterocycles. The predicted octanol–water partition coefficient (Wildman–Crippen LogP) is 7.58. The molecule has 1 fully saturated rings. The van der Waals surface area contributed by atoms with Crippen molar-refractivity contribution in [1.82, 2.24) is 0 Å². The summed E-state index contributed by atoms with van der Waals surface area (Å²) in [5, 5.41) is 3.96. The fraction of sp³-hybridized carbons (Fsp3) is 0.538. The van der Waals surface area contributed by atoms with Gasteiger partial charge >= 0.3 is 11.9 Å². The number of rotatable bonds is 7. The molecule has 1 aromatic heterocycles. The molecule has 1 aromatic carbocycles. The van der Waals surface area contributed by atoms with Gasteiger partial charge in [0, 0.05) is 18.7 Å². The minimum atomic E-state index is -0.538. The zero-order chi connectivity index (χ0) is 24.4. The summed E-state index contributed by atoms with van der Waals surface area (Å²) in [5.74, 6) is -1.00. The van der Waals surface area contributed by atoms with Gasteiger partial charge < -0.3 is 14.8 Å². The number of esters is 2. The number of benzene rings is 1. The first-order chi connectivity index (χ1) is 15.4. The van der Waals surface area contributed by atoms with Crippen LogP contribution in [0.4, 0.5) is 5.69 Å². The van der Waals surface area contributed by atoms with Gasteiger partial charge in [-0.15, -0.1) is 11.3 Å². The van der Waals surface area contributed by atoms with Crippen molar-refractivity contribution in [2.45, 2.75) is 73.3 Å². The number of halogens is 1. The molecule has 2 aromatic rings. The lowest BCUT2D eigenvalue weighted by atomic mass is 9.63. The van der Waals surface area contributed by atoms with Gasteiger partial charge in [-0.25, -0.2) is 4.79 Å². The van der Waals surface area contributed by atoms with E-state index >= 15 is 0 Å². The van der Waals surface area contributed by atoms with Gasteiger partial charge in [-0.3, -0.25) is 4.79 Å². The number of thiophene rings is 1. The fourth-order valence-corrected chi connectivity index (χ4v) is 6.57. The van der Waals surface area contributed by atoms with Crippen LogP contribution in [0.3, 0.4) is 0 Å². The van der Waals surface area contributed by atoms with Crippen LogP contribution in [0.5, 0.6) is 5.75 Å². The first-order valence-corrected chi connectivity index (χ1v) is 12.6. The summed E-state index contributed by atoms with van der Waals surface area (Å²) >= 11 is 7.79. The molecule has 1 aliphatic rings. The second kappa shape index (κ2) is 10.1. The Kier molecular flexibility index (Phi) is 7.80. The highest BCUT2D eigenvalue weighted by molar-refractivity contribution is 7.18. The van der Waals surface area contributed by atoms with Crippen molar-refractivity contribution < 1.29 is 19.1 Å². The van der Waals surface area contributed by atoms with Crippen LogP contribution in [0.25, 0.3) is 10.4 Å². The Morgan fingerprint density at radius 3 is 2.45 bits per heavy atom. The Hall–Kier alpha value is -2.05. The molecule has 1 aliphatic carbocycles. The number of hydrogen-bond acceptors (Lipinski definition) is 6. The van der Waals surface area contributed by atoms with E-state index in [4.69, 9.17) is 21.1 Å². The van der Waals surface area contributed by atoms with Crippen LogP contribution in [-0.4, -0.2) is 24.6 Å². The van der Waals surface area contributed by atoms with E-state index in [2.05, 4.69) is 33.0 Å². The van der Waals surface area contributed by atoms with Crippen LogP contribution in [0.2, 0.25) is 5.02 Å². The Morgan fingerprint density at radius 1 is 1.18 bits per heavy atom. The van der Waals surface area contributed by atoms with Gasteiger partial charge in [0.25, 0.3) is 0 Å². The molecule has 0 spiro atoms. The maximum absolute atomic E-state index is 12.6. The van der Waals surface area contributed by atoms with Crippen LogP contribution in [-0.2, 0) is 9.53 Å². The minimum Gasteiger partial charge on any atom is -0.461 e. The zero-order valence-corrected chi connectivity index (χ0v) is 21.9. The van der Waals surface area contributed by atoms with E-state index in [0.29, 0.717) is 17.3 Å². The van der Waals surface area contributed by atoms with E-state index in [0.717, 1.165) is 24.1 Å². The van der Waals surface area contributed by atoms with Gasteiger partial charge in [0.15, 0.2) is 10.6 Å². The molecule has 0 saturated heterocycles. The summed E-state index contributed by atoms with van der Waals surface area (Å²) in [7, 11) is 0. The first kappa shape index (κ1) is 25.6. The van der Waals surface area contributed by atoms with Crippen molar-refractivity contribution in [1.29, 1.82) is 0 Å². The Bertz CT molecular complexity index is 1010. The van der Waals surface area contributed by atoms with E-state index in [1.807, 2.05) is 31.2 Å². The highest BCUT2D eigenvalue weighted by Crippen LogP contribution is 2.48. The van der Waals surface area contributed by atoms with Crippen LogP contribution >= 0.6 is 22.9 Å². The highest BCUT2D eigenvalue weighted by atomic mass is 35.5. The number of hydrogen-bond donors (Lipinski definition) is 1. The number of carbonyl (C=O) groups excluding carboxylic acids is 2. The van der Waals surface area contributed by atoms with E-state index in [9.17, 15) is 9.59 Å². The van der Waals surface area contributed by atoms with Gasteiger partial charge in [0.2, 0.25) is 0 Å². The van der Waals surface area contributed by atoms with Crippen LogP contribution < -0.4 is 10.1 Å². The van der Waals surface area contributed by atoms with Gasteiger partial charge in [-0.1, -0.05) is 58.4 Å². The monoisotopic (exact) mass is 491 g/mol. The SMILES string of the molecule is CCCOC(=O)c1sc(-c2cccc(NC3CC(C)(C)CC(C)(C)C3)c2)c(Cl)c1OC(C)=O. The van der Waals surface area contributed by atoms with E-state index in [-0.39, 0.29) is 33.1 Å². The van der Waals surface area contributed by atoms with Gasteiger partial charge in [0.1, 0.15) is 5.02 Å². The molecular formula is C26H34ClNO4S. The molecule has 0 amide bonds. The van der Waals surface area contributed by atoms with E-state index < -0.39 is 11.9 Å². The molecule has 1 N–H and O–H groups in total. The molecule has 0 radical (unpaired) electrons. The smallest absolute Gasteiger partial charge is 0.352 e. The zero-order valence-electron chi connectivity index (χ0n) is 20.3. The summed E-state index contributed by atoms with van der Waals surface area (Å²) in [4.78, 5) is 25.1. The Balaban J connectivity index is 1.91. The lowest BCUT2D eigenvalue weighted by Crippen LogP contribution is -2.40. The maximum Gasteiger partial charge on any atom is 0.352 e. The first-order valence-electron chi connectivity index (χ1n) is 11.5. The third kappa shape index (κ3) is 6.51. The van der Waals surface area contributed by atoms with Crippen molar-refractivity contribution in [3.8, 4) is 16.2 Å². The molecule has 0 unspecified atom stereocenters. The second-order valence-electron chi connectivity index (χ2n) is 10.5. The average molecular weight is 492 g/mol. The third-order valence-corrected chi connectivity index (χ3v) is 7.40. The van der Waals surface area contributed by atoms with Crippen molar-refractivity contribution in [2.75, 3.05) is 11.9 Å². The molecule has 0 atom stereocenters. The van der Waals surface area contributed by atoms with Crippen molar-refractivity contribution in [3.05, 3.63) is 34.2 Å². The van der Waals surface area contributed by atoms with Crippen molar-refractivity contribution in [2.24, 2.45) is 10.8 Å². The molecule has 1 heterocycles. The van der Waals surface area contributed by atoms with Gasteiger partial charge in [0.05, 0.1) is 11.5 Å². The van der Waals surface area contributed by atoms with E-state index in [1.165, 1.54) is 24.7 Å². The Morgan fingerprint density at radius 2 is 1.85 bits per heavy atom. The second-order valence-corrected chi connectivity index (χ2v) is 11.9. The fourth-order valence-electron chi connectivity index (χ4n) is 5.15. The number of ether oxygens (including phenoxy) is 2. The molecule has 7 heteroatoms. The van der Waals surface area contributed by atoms with Crippen molar-refractivity contribution in [3.63, 3.8) is 0 Å². The van der Waals surface area contributed by atoms with Gasteiger partial charge in [-0.2, -0.15) is 0 Å². The molecule has 180 valence electrons. The number of carbonyl (C=O) groups is 2. The quantitative estimate of drug-likeness (QED) is 0.404. The molecule has 3 rings (SSSR count). The lowest BCUT2D eigenvalue weighted by molar-refractivity contribution is -0.131. The normalized spacial score (nSPS) is 17.4. The molecule has 1 saturated carbocycles. The molecule has 0 bridgehead atoms. The summed E-state index contributed by atoms with van der Waals surface area (Å²) in [6.45, 7) is 12.8. The van der Waals surface area contributed by atoms with Crippen molar-refractivity contribution >= 4 is 40.6 Å². The number of nitrogens with one attached hydrogen (secondary N) is 1. The Labute approximate surface area is 205 Å². The summed E-state index contributed by atoms with van der Waals surface area (Å²) < 4.78 is 10.6. The maximum atomic E-state index is 12.6. The molecule has 5 nitrogen and oxygen atoms in total. The molecule has 33 heavy (non-hydrogen) atoms. The summed E-state index contributed by atoms with van der Waals surface area (Å²) in [6, 6.07) is 8.35. The van der Waals surface area contributed by atoms with Crippen LogP contribution in [0.15, 0.2) is 24.3 Å². The number of anilines is 1. The largest absolute Gasteiger partial charge is 0.461 e.